The second-order valence-corrected chi connectivity index (χ2v) is 3.37. The van der Waals surface area contributed by atoms with Gasteiger partial charge in [-0.25, -0.2) is 0 Å². The molecule has 0 aromatic heterocycles. The van der Waals surface area contributed by atoms with Crippen molar-refractivity contribution >= 4 is 31.9 Å². The van der Waals surface area contributed by atoms with Crippen LogP contribution in [0.3, 0.4) is 0 Å². The van der Waals surface area contributed by atoms with Gasteiger partial charge in [-0.1, -0.05) is 31.9 Å². The average molecular weight is 338 g/mol. The van der Waals surface area contributed by atoms with Crippen LogP contribution >= 0.6 is 31.9 Å². The van der Waals surface area contributed by atoms with Crippen molar-refractivity contribution in [1.82, 2.24) is 0 Å². The predicted molar refractivity (Wildman–Crippen MR) is 42.4 cm³/mol. The molecule has 0 aliphatic heterocycles. The smallest absolute Gasteiger partial charge is 0.199 e. The summed E-state index contributed by atoms with van der Waals surface area (Å²) in [5, 5.41) is -3.04. The highest BCUT2D eigenvalue weighted by Crippen LogP contribution is 2.46. The standard InChI is InChI=1S/C5H4Br2F6/c6-1-3(8,9)5(12,13)4(10,11)2-7/h1-2H2. The summed E-state index contributed by atoms with van der Waals surface area (Å²) in [5.41, 5.74) is 0. The topological polar surface area (TPSA) is 0 Å². The molecule has 8 heteroatoms. The zero-order valence-electron chi connectivity index (χ0n) is 5.94. The molecule has 0 heterocycles. The lowest BCUT2D eigenvalue weighted by molar-refractivity contribution is -0.291. The molecule has 0 spiro atoms. The maximum absolute atomic E-state index is 12.4. The van der Waals surface area contributed by atoms with Gasteiger partial charge < -0.3 is 0 Å². The lowest BCUT2D eigenvalue weighted by atomic mass is 10.1. The van der Waals surface area contributed by atoms with Gasteiger partial charge in [0.1, 0.15) is 0 Å². The number of rotatable bonds is 4. The van der Waals surface area contributed by atoms with Gasteiger partial charge in [-0.2, -0.15) is 26.3 Å². The quantitative estimate of drug-likeness (QED) is 0.542. The van der Waals surface area contributed by atoms with E-state index in [1.807, 2.05) is 31.9 Å². The van der Waals surface area contributed by atoms with Gasteiger partial charge in [-0.15, -0.1) is 0 Å². The maximum atomic E-state index is 12.4. The largest absolute Gasteiger partial charge is 0.373 e. The predicted octanol–water partition coefficient (Wildman–Crippen LogP) is 3.68. The molecule has 0 aromatic rings. The summed E-state index contributed by atoms with van der Waals surface area (Å²) in [4.78, 5) is 0. The highest BCUT2D eigenvalue weighted by molar-refractivity contribution is 9.09. The van der Waals surface area contributed by atoms with Crippen LogP contribution in [0.1, 0.15) is 0 Å². The minimum atomic E-state index is -5.37. The fraction of sp³-hybridized carbons (Fsp3) is 1.00. The number of halogens is 8. The molecule has 0 atom stereocenters. The van der Waals surface area contributed by atoms with E-state index in [0.29, 0.717) is 0 Å². The summed E-state index contributed by atoms with van der Waals surface area (Å²) in [6.07, 6.45) is 0. The van der Waals surface area contributed by atoms with Crippen molar-refractivity contribution in [3.8, 4) is 0 Å². The number of hydrogen-bond acceptors (Lipinski definition) is 0. The van der Waals surface area contributed by atoms with Crippen molar-refractivity contribution in [3.05, 3.63) is 0 Å². The van der Waals surface area contributed by atoms with Crippen molar-refractivity contribution in [1.29, 1.82) is 0 Å². The zero-order valence-corrected chi connectivity index (χ0v) is 9.11. The SMILES string of the molecule is FC(F)(CBr)C(F)(F)C(F)(F)CBr. The summed E-state index contributed by atoms with van der Waals surface area (Å²) >= 11 is 4.10. The van der Waals surface area contributed by atoms with Crippen molar-refractivity contribution in [2.75, 3.05) is 10.7 Å². The molecule has 0 aliphatic rings. The van der Waals surface area contributed by atoms with Crippen molar-refractivity contribution < 1.29 is 26.3 Å². The molecule has 0 saturated carbocycles. The molecule has 0 aliphatic carbocycles. The number of hydrogen-bond donors (Lipinski definition) is 0. The fourth-order valence-corrected chi connectivity index (χ4v) is 1.14. The van der Waals surface area contributed by atoms with Gasteiger partial charge in [-0.3, -0.25) is 0 Å². The Morgan fingerprint density at radius 3 is 1.08 bits per heavy atom. The summed E-state index contributed by atoms with van der Waals surface area (Å²) in [6.45, 7) is 0. The van der Waals surface area contributed by atoms with Crippen LogP contribution in [-0.2, 0) is 0 Å². The van der Waals surface area contributed by atoms with Crippen LogP contribution in [0.5, 0.6) is 0 Å². The minimum absolute atomic E-state index is 1.52. The van der Waals surface area contributed by atoms with Crippen molar-refractivity contribution in [3.63, 3.8) is 0 Å². The first kappa shape index (κ1) is 13.5. The molecular weight excluding hydrogens is 334 g/mol. The average Bonchev–Trinajstić information content (AvgIpc) is 2.03. The molecule has 0 nitrogen and oxygen atoms in total. The van der Waals surface area contributed by atoms with Crippen LogP contribution in [0.25, 0.3) is 0 Å². The first-order valence-corrected chi connectivity index (χ1v) is 5.12. The van der Waals surface area contributed by atoms with E-state index in [2.05, 4.69) is 0 Å². The van der Waals surface area contributed by atoms with Gasteiger partial charge in [-0.05, 0) is 0 Å². The van der Waals surface area contributed by atoms with E-state index >= 15 is 0 Å². The molecule has 13 heavy (non-hydrogen) atoms. The van der Waals surface area contributed by atoms with Gasteiger partial charge in [0.2, 0.25) is 0 Å². The minimum Gasteiger partial charge on any atom is -0.199 e. The van der Waals surface area contributed by atoms with E-state index in [0.717, 1.165) is 0 Å². The van der Waals surface area contributed by atoms with E-state index in [1.54, 1.807) is 0 Å². The molecule has 0 N–H and O–H groups in total. The summed E-state index contributed by atoms with van der Waals surface area (Å²) in [7, 11) is 0. The van der Waals surface area contributed by atoms with Crippen LogP contribution in [-0.4, -0.2) is 28.4 Å². The Morgan fingerprint density at radius 1 is 0.692 bits per heavy atom. The van der Waals surface area contributed by atoms with E-state index in [4.69, 9.17) is 0 Å². The molecule has 0 saturated heterocycles. The first-order chi connectivity index (χ1) is 5.62. The Balaban J connectivity index is 4.95. The first-order valence-electron chi connectivity index (χ1n) is 2.88. The molecular formula is C5H4Br2F6. The van der Waals surface area contributed by atoms with E-state index in [1.165, 1.54) is 0 Å². The van der Waals surface area contributed by atoms with E-state index < -0.39 is 28.4 Å². The van der Waals surface area contributed by atoms with Crippen molar-refractivity contribution in [2.24, 2.45) is 0 Å². The number of alkyl halides is 8. The molecule has 0 fully saturated rings. The van der Waals surface area contributed by atoms with Gasteiger partial charge in [0.25, 0.3) is 0 Å². The zero-order chi connectivity index (χ0) is 10.9. The Morgan fingerprint density at radius 2 is 0.923 bits per heavy atom. The third-order valence-corrected chi connectivity index (χ3v) is 2.66. The Labute approximate surface area is 86.9 Å². The molecule has 0 amide bonds. The third kappa shape index (κ3) is 2.31. The lowest BCUT2D eigenvalue weighted by Gasteiger charge is -2.30. The van der Waals surface area contributed by atoms with Gasteiger partial charge in [0.05, 0.1) is 10.7 Å². The van der Waals surface area contributed by atoms with Crippen LogP contribution in [0, 0.1) is 0 Å². The molecule has 0 bridgehead atoms. The van der Waals surface area contributed by atoms with Crippen LogP contribution in [0.2, 0.25) is 0 Å². The molecule has 0 unspecified atom stereocenters. The highest BCUT2D eigenvalue weighted by Gasteiger charge is 2.70. The second kappa shape index (κ2) is 3.96. The maximum Gasteiger partial charge on any atom is 0.373 e. The molecule has 0 rings (SSSR count). The van der Waals surface area contributed by atoms with Crippen LogP contribution < -0.4 is 0 Å². The molecule has 0 radical (unpaired) electrons. The van der Waals surface area contributed by atoms with Gasteiger partial charge >= 0.3 is 17.8 Å². The Hall–Kier alpha value is 0.540. The Bertz CT molecular complexity index is 162. The Kier molecular flexibility index (Phi) is 4.12. The summed E-state index contributed by atoms with van der Waals surface area (Å²) in [6, 6.07) is 0. The normalized spacial score (nSPS) is 14.8. The van der Waals surface area contributed by atoms with Crippen LogP contribution in [0.4, 0.5) is 26.3 Å². The van der Waals surface area contributed by atoms with E-state index in [-0.39, 0.29) is 0 Å². The van der Waals surface area contributed by atoms with Gasteiger partial charge in [0, 0.05) is 0 Å². The highest BCUT2D eigenvalue weighted by atomic mass is 79.9. The molecule has 80 valence electrons. The lowest BCUT2D eigenvalue weighted by Crippen LogP contribution is -2.55. The van der Waals surface area contributed by atoms with Gasteiger partial charge in [0.15, 0.2) is 0 Å². The third-order valence-electron chi connectivity index (χ3n) is 1.25. The second-order valence-electron chi connectivity index (χ2n) is 2.25. The van der Waals surface area contributed by atoms with Crippen molar-refractivity contribution in [2.45, 2.75) is 17.8 Å². The summed E-state index contributed by atoms with van der Waals surface area (Å²) < 4.78 is 74.1. The fourth-order valence-electron chi connectivity index (χ4n) is 0.435. The van der Waals surface area contributed by atoms with Crippen LogP contribution in [0.15, 0.2) is 0 Å². The summed E-state index contributed by atoms with van der Waals surface area (Å²) in [5.74, 6) is -14.9. The van der Waals surface area contributed by atoms with E-state index in [9.17, 15) is 26.3 Å². The molecule has 0 aromatic carbocycles. The monoisotopic (exact) mass is 336 g/mol.